The molecule has 2 rings (SSSR count). The molecule has 164 valence electrons. The fraction of sp³-hybridized carbons (Fsp3) is 0.348. The molecule has 2 N–H and O–H groups in total. The number of halogens is 2. The van der Waals surface area contributed by atoms with Crippen LogP contribution in [0.1, 0.15) is 41.2 Å². The second-order valence-corrected chi connectivity index (χ2v) is 7.61. The molecule has 6 nitrogen and oxygen atoms in total. The van der Waals surface area contributed by atoms with Crippen molar-refractivity contribution in [1.29, 1.82) is 5.26 Å². The van der Waals surface area contributed by atoms with E-state index in [1.165, 1.54) is 6.08 Å². The summed E-state index contributed by atoms with van der Waals surface area (Å²) in [5.41, 5.74) is 2.04. The van der Waals surface area contributed by atoms with E-state index in [0.29, 0.717) is 5.92 Å². The molecular formula is C23H26F2N4O2. The number of carbonyl (C=O) groups excluding carboxylic acids is 2. The molecule has 8 heteroatoms. The molecule has 0 unspecified atom stereocenters. The molecule has 0 saturated carbocycles. The van der Waals surface area contributed by atoms with Crippen molar-refractivity contribution >= 4 is 17.9 Å². The Kier molecular flexibility index (Phi) is 8.08. The van der Waals surface area contributed by atoms with Crippen molar-refractivity contribution in [2.45, 2.75) is 34.2 Å². The molecule has 1 heterocycles. The third kappa shape index (κ3) is 6.01. The van der Waals surface area contributed by atoms with Crippen LogP contribution in [0, 0.1) is 42.7 Å². The van der Waals surface area contributed by atoms with Crippen molar-refractivity contribution in [3.05, 3.63) is 64.0 Å². The van der Waals surface area contributed by atoms with Crippen molar-refractivity contribution in [2.24, 2.45) is 5.92 Å². The Bertz CT molecular complexity index is 1030. The first-order chi connectivity index (χ1) is 14.6. The highest BCUT2D eigenvalue weighted by molar-refractivity contribution is 6.01. The van der Waals surface area contributed by atoms with E-state index in [0.717, 1.165) is 41.7 Å². The van der Waals surface area contributed by atoms with Crippen molar-refractivity contribution in [3.63, 3.8) is 0 Å². The predicted octanol–water partition coefficient (Wildman–Crippen LogP) is 3.49. The van der Waals surface area contributed by atoms with Crippen molar-refractivity contribution in [3.8, 4) is 6.07 Å². The van der Waals surface area contributed by atoms with Crippen LogP contribution in [-0.2, 0) is 11.3 Å². The normalized spacial score (nSPS) is 11.4. The third-order valence-electron chi connectivity index (χ3n) is 4.71. The number of nitrogens with zero attached hydrogens (tertiary/aromatic N) is 2. The zero-order chi connectivity index (χ0) is 23.1. The molecule has 0 fully saturated rings. The summed E-state index contributed by atoms with van der Waals surface area (Å²) < 4.78 is 29.4. The third-order valence-corrected chi connectivity index (χ3v) is 4.71. The molecule has 0 atom stereocenters. The standard InChI is InChI=1S/C23H26F2N4O2/c1-14(2)13-29-15(3)10-17(16(29)4)11-18(12-26)22(30)27-8-9-28-23(31)21-19(24)6-5-7-20(21)25/h5-7,10-11,14H,8-9,13H2,1-4H3,(H,27,30)(H,28,31). The van der Waals surface area contributed by atoms with Gasteiger partial charge in [0.15, 0.2) is 0 Å². The summed E-state index contributed by atoms with van der Waals surface area (Å²) >= 11 is 0. The summed E-state index contributed by atoms with van der Waals surface area (Å²) in [5.74, 6) is -2.99. The lowest BCUT2D eigenvalue weighted by Crippen LogP contribution is -2.35. The number of hydrogen-bond acceptors (Lipinski definition) is 3. The molecule has 0 aliphatic heterocycles. The molecule has 0 spiro atoms. The van der Waals surface area contributed by atoms with E-state index in [1.54, 1.807) is 0 Å². The average Bonchev–Trinajstić information content (AvgIpc) is 2.96. The first-order valence-corrected chi connectivity index (χ1v) is 9.94. The van der Waals surface area contributed by atoms with Gasteiger partial charge in [-0.05, 0) is 49.6 Å². The quantitative estimate of drug-likeness (QED) is 0.383. The summed E-state index contributed by atoms with van der Waals surface area (Å²) in [7, 11) is 0. The molecule has 0 radical (unpaired) electrons. The van der Waals surface area contributed by atoms with Crippen LogP contribution in [-0.4, -0.2) is 29.5 Å². The molecule has 0 saturated heterocycles. The smallest absolute Gasteiger partial charge is 0.262 e. The van der Waals surface area contributed by atoms with Crippen molar-refractivity contribution in [1.82, 2.24) is 15.2 Å². The minimum atomic E-state index is -0.966. The number of rotatable bonds is 8. The van der Waals surface area contributed by atoms with Gasteiger partial charge < -0.3 is 15.2 Å². The summed E-state index contributed by atoms with van der Waals surface area (Å²) in [6.07, 6.45) is 1.53. The van der Waals surface area contributed by atoms with Gasteiger partial charge in [0.2, 0.25) is 0 Å². The van der Waals surface area contributed by atoms with Crippen LogP contribution in [0.4, 0.5) is 8.78 Å². The summed E-state index contributed by atoms with van der Waals surface area (Å²) in [6.45, 7) is 8.91. The number of carbonyl (C=O) groups is 2. The lowest BCUT2D eigenvalue weighted by Gasteiger charge is -2.12. The number of nitriles is 1. The summed E-state index contributed by atoms with van der Waals surface area (Å²) in [6, 6.07) is 6.95. The van der Waals surface area contributed by atoms with E-state index in [4.69, 9.17) is 0 Å². The van der Waals surface area contributed by atoms with Gasteiger partial charge in [-0.1, -0.05) is 19.9 Å². The highest BCUT2D eigenvalue weighted by Gasteiger charge is 2.17. The van der Waals surface area contributed by atoms with E-state index in [9.17, 15) is 23.6 Å². The Morgan fingerprint density at radius 3 is 2.35 bits per heavy atom. The molecule has 2 amide bonds. The first kappa shape index (κ1) is 23.8. The maximum absolute atomic E-state index is 13.6. The van der Waals surface area contributed by atoms with E-state index in [2.05, 4.69) is 29.0 Å². The van der Waals surface area contributed by atoms with E-state index < -0.39 is 29.0 Å². The van der Waals surface area contributed by atoms with Gasteiger partial charge in [-0.25, -0.2) is 8.78 Å². The van der Waals surface area contributed by atoms with E-state index in [1.807, 2.05) is 26.0 Å². The molecule has 0 aliphatic carbocycles. The molecule has 0 bridgehead atoms. The van der Waals surface area contributed by atoms with Crippen LogP contribution >= 0.6 is 0 Å². The molecule has 0 aliphatic rings. The van der Waals surface area contributed by atoms with Crippen molar-refractivity contribution in [2.75, 3.05) is 13.1 Å². The second kappa shape index (κ2) is 10.5. The number of amides is 2. The van der Waals surface area contributed by atoms with Crippen LogP contribution in [0.2, 0.25) is 0 Å². The molecule has 1 aromatic heterocycles. The zero-order valence-corrected chi connectivity index (χ0v) is 18.1. The first-order valence-electron chi connectivity index (χ1n) is 9.94. The van der Waals surface area contributed by atoms with Crippen LogP contribution in [0.15, 0.2) is 29.8 Å². The SMILES string of the molecule is Cc1cc(C=C(C#N)C(=O)NCCNC(=O)c2c(F)cccc2F)c(C)n1CC(C)C. The molecule has 31 heavy (non-hydrogen) atoms. The lowest BCUT2D eigenvalue weighted by molar-refractivity contribution is -0.117. The van der Waals surface area contributed by atoms with E-state index >= 15 is 0 Å². The van der Waals surface area contributed by atoms with Crippen LogP contribution in [0.25, 0.3) is 6.08 Å². The predicted molar refractivity (Wildman–Crippen MR) is 114 cm³/mol. The number of hydrogen-bond donors (Lipinski definition) is 2. The zero-order valence-electron chi connectivity index (χ0n) is 18.1. The number of benzene rings is 1. The minimum absolute atomic E-state index is 0.00790. The van der Waals surface area contributed by atoms with Crippen LogP contribution < -0.4 is 10.6 Å². The molecular weight excluding hydrogens is 402 g/mol. The number of nitrogens with one attached hydrogen (secondary N) is 2. The van der Waals surface area contributed by atoms with Crippen LogP contribution in [0.5, 0.6) is 0 Å². The van der Waals surface area contributed by atoms with Gasteiger partial charge in [0, 0.05) is 31.0 Å². The van der Waals surface area contributed by atoms with E-state index in [-0.39, 0.29) is 18.7 Å². The molecule has 1 aromatic carbocycles. The van der Waals surface area contributed by atoms with Gasteiger partial charge in [-0.3, -0.25) is 9.59 Å². The monoisotopic (exact) mass is 428 g/mol. The summed E-state index contributed by atoms with van der Waals surface area (Å²) in [4.78, 5) is 24.3. The fourth-order valence-corrected chi connectivity index (χ4v) is 3.17. The maximum Gasteiger partial charge on any atom is 0.262 e. The average molecular weight is 428 g/mol. The Morgan fingerprint density at radius 1 is 1.16 bits per heavy atom. The Balaban J connectivity index is 1.98. The highest BCUT2D eigenvalue weighted by Crippen LogP contribution is 2.19. The van der Waals surface area contributed by atoms with Gasteiger partial charge in [-0.2, -0.15) is 5.26 Å². The largest absolute Gasteiger partial charge is 0.350 e. The van der Waals surface area contributed by atoms with Gasteiger partial charge >= 0.3 is 0 Å². The highest BCUT2D eigenvalue weighted by atomic mass is 19.1. The van der Waals surface area contributed by atoms with Gasteiger partial charge in [-0.15, -0.1) is 0 Å². The maximum atomic E-state index is 13.6. The van der Waals surface area contributed by atoms with Gasteiger partial charge in [0.25, 0.3) is 11.8 Å². The Hall–Kier alpha value is -3.47. The second-order valence-electron chi connectivity index (χ2n) is 7.61. The fourth-order valence-electron chi connectivity index (χ4n) is 3.17. The number of aryl methyl sites for hydroxylation is 1. The Labute approximate surface area is 180 Å². The van der Waals surface area contributed by atoms with Gasteiger partial charge in [0.1, 0.15) is 28.8 Å². The Morgan fingerprint density at radius 2 is 1.77 bits per heavy atom. The molecule has 2 aromatic rings. The van der Waals surface area contributed by atoms with Crippen LogP contribution in [0.3, 0.4) is 0 Å². The lowest BCUT2D eigenvalue weighted by atomic mass is 10.1. The number of aromatic nitrogens is 1. The topological polar surface area (TPSA) is 86.9 Å². The minimum Gasteiger partial charge on any atom is -0.350 e. The van der Waals surface area contributed by atoms with Crippen molar-refractivity contribution < 1.29 is 18.4 Å². The summed E-state index contributed by atoms with van der Waals surface area (Å²) in [5, 5.41) is 14.3. The van der Waals surface area contributed by atoms with Gasteiger partial charge in [0.05, 0.1) is 0 Å².